The van der Waals surface area contributed by atoms with Crippen molar-refractivity contribution in [3.8, 4) is 0 Å². The molecular weight excluding hydrogens is 178 g/mol. The molecule has 1 aromatic rings. The van der Waals surface area contributed by atoms with Crippen LogP contribution in [0.5, 0.6) is 0 Å². The van der Waals surface area contributed by atoms with Crippen LogP contribution in [0.25, 0.3) is 0 Å². The number of ether oxygens (including phenoxy) is 1. The van der Waals surface area contributed by atoms with E-state index in [4.69, 9.17) is 10.5 Å². The predicted octanol–water partition coefficient (Wildman–Crippen LogP) is 1.04. The van der Waals surface area contributed by atoms with Crippen LogP contribution in [-0.4, -0.2) is 18.6 Å². The molecule has 0 saturated carbocycles. The van der Waals surface area contributed by atoms with E-state index in [-0.39, 0.29) is 12.1 Å². The fourth-order valence-electron chi connectivity index (χ4n) is 1.69. The summed E-state index contributed by atoms with van der Waals surface area (Å²) in [7, 11) is 0. The summed E-state index contributed by atoms with van der Waals surface area (Å²) in [4.78, 5) is 11.5. The molecule has 0 aliphatic carbocycles. The van der Waals surface area contributed by atoms with E-state index in [0.29, 0.717) is 12.1 Å². The van der Waals surface area contributed by atoms with Crippen molar-refractivity contribution in [1.82, 2.24) is 0 Å². The summed E-state index contributed by atoms with van der Waals surface area (Å²) in [6.45, 7) is 2.35. The number of carbonyl (C=O) groups is 1. The quantitative estimate of drug-likeness (QED) is 0.675. The normalized spacial score (nSPS) is 20.1. The Bertz CT molecular complexity index is 374. The van der Waals surface area contributed by atoms with Crippen molar-refractivity contribution in [1.29, 1.82) is 0 Å². The molecule has 1 atom stereocenters. The predicted molar refractivity (Wildman–Crippen MR) is 53.1 cm³/mol. The van der Waals surface area contributed by atoms with Gasteiger partial charge in [0.25, 0.3) is 0 Å². The van der Waals surface area contributed by atoms with Crippen molar-refractivity contribution in [2.75, 3.05) is 6.54 Å². The van der Waals surface area contributed by atoms with E-state index in [1.807, 2.05) is 25.1 Å². The Hall–Kier alpha value is -1.35. The second-order valence-corrected chi connectivity index (χ2v) is 3.63. The van der Waals surface area contributed by atoms with Crippen molar-refractivity contribution in [3.05, 3.63) is 34.9 Å². The highest BCUT2D eigenvalue weighted by atomic mass is 16.5. The molecule has 1 aromatic carbocycles. The zero-order valence-corrected chi connectivity index (χ0v) is 8.12. The summed E-state index contributed by atoms with van der Waals surface area (Å²) in [5.74, 6) is -0.245. The first kappa shape index (κ1) is 9.21. The number of carbonyl (C=O) groups excluding carboxylic acids is 1. The van der Waals surface area contributed by atoms with Crippen molar-refractivity contribution in [3.63, 3.8) is 0 Å². The molecule has 0 fully saturated rings. The number of nitrogens with two attached hydrogens (primary N) is 1. The average molecular weight is 191 g/mol. The minimum atomic E-state index is -0.245. The summed E-state index contributed by atoms with van der Waals surface area (Å²) in [5.41, 5.74) is 8.28. The third kappa shape index (κ3) is 1.51. The van der Waals surface area contributed by atoms with Crippen LogP contribution >= 0.6 is 0 Å². The van der Waals surface area contributed by atoms with Gasteiger partial charge in [0.05, 0.1) is 5.56 Å². The second-order valence-electron chi connectivity index (χ2n) is 3.63. The number of rotatable bonds is 1. The van der Waals surface area contributed by atoms with E-state index in [9.17, 15) is 4.79 Å². The highest BCUT2D eigenvalue weighted by Crippen LogP contribution is 2.21. The molecular formula is C11H13NO2. The number of aryl methyl sites for hydroxylation is 1. The van der Waals surface area contributed by atoms with E-state index >= 15 is 0 Å². The van der Waals surface area contributed by atoms with Gasteiger partial charge in [0.1, 0.15) is 6.10 Å². The smallest absolute Gasteiger partial charge is 0.338 e. The molecule has 0 saturated heterocycles. The second kappa shape index (κ2) is 3.42. The third-order valence-corrected chi connectivity index (χ3v) is 2.47. The Balaban J connectivity index is 2.40. The molecule has 2 N–H and O–H groups in total. The zero-order chi connectivity index (χ0) is 10.1. The average Bonchev–Trinajstić information content (AvgIpc) is 2.19. The van der Waals surface area contributed by atoms with Crippen molar-refractivity contribution in [2.24, 2.45) is 5.73 Å². The first-order valence-electron chi connectivity index (χ1n) is 4.71. The maximum atomic E-state index is 11.5. The fraction of sp³-hybridized carbons (Fsp3) is 0.364. The summed E-state index contributed by atoms with van der Waals surface area (Å²) in [5, 5.41) is 0. The minimum absolute atomic E-state index is 0.155. The number of cyclic esters (lactones) is 1. The molecule has 2 rings (SSSR count). The maximum absolute atomic E-state index is 11.5. The van der Waals surface area contributed by atoms with E-state index in [0.717, 1.165) is 17.5 Å². The van der Waals surface area contributed by atoms with Gasteiger partial charge >= 0.3 is 5.97 Å². The van der Waals surface area contributed by atoms with Crippen LogP contribution in [0.4, 0.5) is 0 Å². The molecule has 0 spiro atoms. The van der Waals surface area contributed by atoms with Crippen molar-refractivity contribution >= 4 is 5.97 Å². The Labute approximate surface area is 82.9 Å². The monoisotopic (exact) mass is 191 g/mol. The molecule has 0 aromatic heterocycles. The van der Waals surface area contributed by atoms with Gasteiger partial charge in [0, 0.05) is 13.0 Å². The molecule has 0 bridgehead atoms. The van der Waals surface area contributed by atoms with Gasteiger partial charge in [0.2, 0.25) is 0 Å². The van der Waals surface area contributed by atoms with E-state index < -0.39 is 0 Å². The largest absolute Gasteiger partial charge is 0.457 e. The minimum Gasteiger partial charge on any atom is -0.457 e. The Kier molecular flexibility index (Phi) is 2.25. The molecule has 14 heavy (non-hydrogen) atoms. The van der Waals surface area contributed by atoms with Crippen molar-refractivity contribution in [2.45, 2.75) is 19.4 Å². The van der Waals surface area contributed by atoms with E-state index in [2.05, 4.69) is 0 Å². The molecule has 74 valence electrons. The van der Waals surface area contributed by atoms with Gasteiger partial charge in [-0.15, -0.1) is 0 Å². The number of esters is 1. The lowest BCUT2D eigenvalue weighted by atomic mass is 9.97. The summed E-state index contributed by atoms with van der Waals surface area (Å²) < 4.78 is 5.15. The van der Waals surface area contributed by atoms with E-state index in [1.54, 1.807) is 0 Å². The highest BCUT2D eigenvalue weighted by Gasteiger charge is 2.24. The topological polar surface area (TPSA) is 52.3 Å². The standard InChI is InChI=1S/C11H13NO2/c1-7-2-3-8-5-9(6-12)14-11(13)10(8)4-7/h2-4,9H,5-6,12H2,1H3. The molecule has 1 unspecified atom stereocenters. The number of hydrogen-bond acceptors (Lipinski definition) is 3. The fourth-order valence-corrected chi connectivity index (χ4v) is 1.69. The third-order valence-electron chi connectivity index (χ3n) is 2.47. The van der Waals surface area contributed by atoms with Gasteiger partial charge in [-0.2, -0.15) is 0 Å². The molecule has 3 nitrogen and oxygen atoms in total. The Morgan fingerprint density at radius 2 is 2.36 bits per heavy atom. The van der Waals surface area contributed by atoms with Crippen LogP contribution < -0.4 is 5.73 Å². The van der Waals surface area contributed by atoms with E-state index in [1.165, 1.54) is 0 Å². The van der Waals surface area contributed by atoms with Gasteiger partial charge in [-0.25, -0.2) is 4.79 Å². The maximum Gasteiger partial charge on any atom is 0.338 e. The number of fused-ring (bicyclic) bond motifs is 1. The van der Waals surface area contributed by atoms with Gasteiger partial charge in [0.15, 0.2) is 0 Å². The highest BCUT2D eigenvalue weighted by molar-refractivity contribution is 5.92. The number of benzene rings is 1. The van der Waals surface area contributed by atoms with Gasteiger partial charge in [-0.3, -0.25) is 0 Å². The SMILES string of the molecule is Cc1ccc2c(c1)C(=O)OC(CN)C2. The Morgan fingerprint density at radius 1 is 1.57 bits per heavy atom. The Morgan fingerprint density at radius 3 is 3.07 bits per heavy atom. The lowest BCUT2D eigenvalue weighted by Crippen LogP contribution is -2.33. The van der Waals surface area contributed by atoms with Crippen LogP contribution in [-0.2, 0) is 11.2 Å². The summed E-state index contributed by atoms with van der Waals surface area (Å²) in [6.07, 6.45) is 0.579. The van der Waals surface area contributed by atoms with Gasteiger partial charge in [-0.05, 0) is 18.6 Å². The molecule has 3 heteroatoms. The van der Waals surface area contributed by atoms with Crippen LogP contribution in [0.2, 0.25) is 0 Å². The molecule has 0 radical (unpaired) electrons. The summed E-state index contributed by atoms with van der Waals surface area (Å²) >= 11 is 0. The number of hydrogen-bond donors (Lipinski definition) is 1. The van der Waals surface area contributed by atoms with Crippen LogP contribution in [0, 0.1) is 6.92 Å². The van der Waals surface area contributed by atoms with Crippen molar-refractivity contribution < 1.29 is 9.53 Å². The van der Waals surface area contributed by atoms with Gasteiger partial charge < -0.3 is 10.5 Å². The first-order chi connectivity index (χ1) is 6.70. The molecule has 0 amide bonds. The van der Waals surface area contributed by atoms with Crippen LogP contribution in [0.1, 0.15) is 21.5 Å². The zero-order valence-electron chi connectivity index (χ0n) is 8.12. The molecule has 1 heterocycles. The summed E-state index contributed by atoms with van der Waals surface area (Å²) in [6, 6.07) is 5.85. The molecule has 1 aliphatic rings. The lowest BCUT2D eigenvalue weighted by Gasteiger charge is -2.23. The van der Waals surface area contributed by atoms with Crippen LogP contribution in [0.15, 0.2) is 18.2 Å². The van der Waals surface area contributed by atoms with Gasteiger partial charge in [-0.1, -0.05) is 17.7 Å². The first-order valence-corrected chi connectivity index (χ1v) is 4.71. The lowest BCUT2D eigenvalue weighted by molar-refractivity contribution is 0.0278. The molecule has 1 aliphatic heterocycles. The van der Waals surface area contributed by atoms with Crippen LogP contribution in [0.3, 0.4) is 0 Å².